The normalized spacial score (nSPS) is 24.4. The zero-order valence-corrected chi connectivity index (χ0v) is 10.3. The van der Waals surface area contributed by atoms with Gasteiger partial charge in [0.05, 0.1) is 0 Å². The van der Waals surface area contributed by atoms with Crippen LogP contribution in [0.1, 0.15) is 32.1 Å². The molecule has 0 spiro atoms. The fourth-order valence-electron chi connectivity index (χ4n) is 2.51. The van der Waals surface area contributed by atoms with Gasteiger partial charge in [-0.25, -0.2) is 0 Å². The molecule has 1 aliphatic rings. The molecule has 1 aliphatic carbocycles. The number of nitrogens with two attached hydrogens (primary N) is 1. The van der Waals surface area contributed by atoms with Crippen molar-refractivity contribution in [3.63, 3.8) is 0 Å². The molecule has 2 unspecified atom stereocenters. The SMILES string of the molecule is C=CCCCN(C)C(=O)C1CCCC1CN. The third kappa shape index (κ3) is 3.34. The van der Waals surface area contributed by atoms with Crippen molar-refractivity contribution >= 4 is 5.91 Å². The lowest BCUT2D eigenvalue weighted by molar-refractivity contribution is -0.135. The van der Waals surface area contributed by atoms with E-state index in [9.17, 15) is 4.79 Å². The monoisotopic (exact) mass is 224 g/mol. The lowest BCUT2D eigenvalue weighted by Crippen LogP contribution is -2.37. The summed E-state index contributed by atoms with van der Waals surface area (Å²) >= 11 is 0. The number of carbonyl (C=O) groups excluding carboxylic acids is 1. The maximum absolute atomic E-state index is 12.2. The summed E-state index contributed by atoms with van der Waals surface area (Å²) in [5, 5.41) is 0. The zero-order valence-electron chi connectivity index (χ0n) is 10.3. The highest BCUT2D eigenvalue weighted by molar-refractivity contribution is 5.79. The summed E-state index contributed by atoms with van der Waals surface area (Å²) in [6, 6.07) is 0. The Kier molecular flexibility index (Phi) is 5.53. The first kappa shape index (κ1) is 13.2. The van der Waals surface area contributed by atoms with Gasteiger partial charge in [-0.2, -0.15) is 0 Å². The summed E-state index contributed by atoms with van der Waals surface area (Å²) in [5.41, 5.74) is 5.70. The van der Waals surface area contributed by atoms with Gasteiger partial charge in [-0.15, -0.1) is 6.58 Å². The summed E-state index contributed by atoms with van der Waals surface area (Å²) in [6.45, 7) is 5.17. The van der Waals surface area contributed by atoms with E-state index in [1.807, 2.05) is 18.0 Å². The molecule has 0 heterocycles. The molecule has 0 bridgehead atoms. The molecular formula is C13H24N2O. The van der Waals surface area contributed by atoms with Crippen molar-refractivity contribution in [2.45, 2.75) is 32.1 Å². The Morgan fingerprint density at radius 2 is 2.31 bits per heavy atom. The van der Waals surface area contributed by atoms with Crippen LogP contribution in [0.2, 0.25) is 0 Å². The predicted octanol–water partition coefficient (Wildman–Crippen LogP) is 1.79. The second-order valence-corrected chi connectivity index (χ2v) is 4.72. The minimum absolute atomic E-state index is 0.179. The maximum atomic E-state index is 12.2. The number of nitrogens with zero attached hydrogens (tertiary/aromatic N) is 1. The van der Waals surface area contributed by atoms with Crippen LogP contribution in [-0.4, -0.2) is 30.9 Å². The topological polar surface area (TPSA) is 46.3 Å². The van der Waals surface area contributed by atoms with Gasteiger partial charge < -0.3 is 10.6 Å². The molecule has 2 atom stereocenters. The first-order chi connectivity index (χ1) is 7.70. The standard InChI is InChI=1S/C13H24N2O/c1-3-4-5-9-15(2)13(16)12-8-6-7-11(12)10-14/h3,11-12H,1,4-10,14H2,2H3. The number of hydrogen-bond acceptors (Lipinski definition) is 2. The Balaban J connectivity index is 2.39. The molecule has 1 saturated carbocycles. The van der Waals surface area contributed by atoms with E-state index in [0.717, 1.165) is 38.6 Å². The Morgan fingerprint density at radius 3 is 2.94 bits per heavy atom. The minimum atomic E-state index is 0.179. The number of carbonyl (C=O) groups is 1. The summed E-state index contributed by atoms with van der Waals surface area (Å²) in [7, 11) is 1.90. The average molecular weight is 224 g/mol. The molecule has 1 rings (SSSR count). The molecule has 92 valence electrons. The second-order valence-electron chi connectivity index (χ2n) is 4.72. The van der Waals surface area contributed by atoms with Crippen molar-refractivity contribution in [2.75, 3.05) is 20.1 Å². The zero-order chi connectivity index (χ0) is 12.0. The van der Waals surface area contributed by atoms with Gasteiger partial charge in [-0.05, 0) is 38.1 Å². The molecule has 16 heavy (non-hydrogen) atoms. The van der Waals surface area contributed by atoms with Crippen LogP contribution in [0.15, 0.2) is 12.7 Å². The highest BCUT2D eigenvalue weighted by Crippen LogP contribution is 2.32. The maximum Gasteiger partial charge on any atom is 0.225 e. The molecule has 0 aliphatic heterocycles. The summed E-state index contributed by atoms with van der Waals surface area (Å²) in [4.78, 5) is 14.0. The molecule has 3 heteroatoms. The number of allylic oxidation sites excluding steroid dienone is 1. The largest absolute Gasteiger partial charge is 0.346 e. The van der Waals surface area contributed by atoms with Gasteiger partial charge in [0.2, 0.25) is 5.91 Å². The van der Waals surface area contributed by atoms with Gasteiger partial charge in [0.1, 0.15) is 0 Å². The third-order valence-corrected chi connectivity index (χ3v) is 3.56. The Labute approximate surface area is 98.7 Å². The number of amides is 1. The van der Waals surface area contributed by atoms with Crippen LogP contribution in [0.4, 0.5) is 0 Å². The molecule has 0 saturated heterocycles. The lowest BCUT2D eigenvalue weighted by atomic mass is 9.95. The molecule has 0 aromatic rings. The van der Waals surface area contributed by atoms with Crippen molar-refractivity contribution in [3.05, 3.63) is 12.7 Å². The number of hydrogen-bond donors (Lipinski definition) is 1. The van der Waals surface area contributed by atoms with E-state index in [1.54, 1.807) is 0 Å². The lowest BCUT2D eigenvalue weighted by Gasteiger charge is -2.24. The van der Waals surface area contributed by atoms with E-state index in [1.165, 1.54) is 0 Å². The van der Waals surface area contributed by atoms with Crippen LogP contribution in [-0.2, 0) is 4.79 Å². The fraction of sp³-hybridized carbons (Fsp3) is 0.769. The molecule has 2 N–H and O–H groups in total. The summed E-state index contributed by atoms with van der Waals surface area (Å²) < 4.78 is 0. The van der Waals surface area contributed by atoms with Crippen molar-refractivity contribution < 1.29 is 4.79 Å². The van der Waals surface area contributed by atoms with Gasteiger partial charge in [-0.1, -0.05) is 12.5 Å². The number of rotatable bonds is 6. The van der Waals surface area contributed by atoms with E-state index < -0.39 is 0 Å². The van der Waals surface area contributed by atoms with Gasteiger partial charge in [0.25, 0.3) is 0 Å². The van der Waals surface area contributed by atoms with Gasteiger partial charge in [-0.3, -0.25) is 4.79 Å². The Morgan fingerprint density at radius 1 is 1.56 bits per heavy atom. The van der Waals surface area contributed by atoms with Gasteiger partial charge in [0, 0.05) is 19.5 Å². The predicted molar refractivity (Wildman–Crippen MR) is 67.0 cm³/mol. The van der Waals surface area contributed by atoms with E-state index in [0.29, 0.717) is 12.5 Å². The van der Waals surface area contributed by atoms with Gasteiger partial charge in [0.15, 0.2) is 0 Å². The van der Waals surface area contributed by atoms with E-state index >= 15 is 0 Å². The van der Waals surface area contributed by atoms with Crippen LogP contribution >= 0.6 is 0 Å². The van der Waals surface area contributed by atoms with Crippen LogP contribution < -0.4 is 5.73 Å². The van der Waals surface area contributed by atoms with E-state index in [-0.39, 0.29) is 11.8 Å². The first-order valence-electron chi connectivity index (χ1n) is 6.26. The molecule has 3 nitrogen and oxygen atoms in total. The number of unbranched alkanes of at least 4 members (excludes halogenated alkanes) is 1. The van der Waals surface area contributed by atoms with Crippen LogP contribution in [0.5, 0.6) is 0 Å². The highest BCUT2D eigenvalue weighted by atomic mass is 16.2. The van der Waals surface area contributed by atoms with E-state index in [2.05, 4.69) is 6.58 Å². The summed E-state index contributed by atoms with van der Waals surface area (Å²) in [6.07, 6.45) is 7.17. The molecule has 1 amide bonds. The van der Waals surface area contributed by atoms with Crippen molar-refractivity contribution in [3.8, 4) is 0 Å². The van der Waals surface area contributed by atoms with E-state index in [4.69, 9.17) is 5.73 Å². The second kappa shape index (κ2) is 6.69. The molecule has 0 aromatic heterocycles. The highest BCUT2D eigenvalue weighted by Gasteiger charge is 2.33. The third-order valence-electron chi connectivity index (χ3n) is 3.56. The van der Waals surface area contributed by atoms with Crippen LogP contribution in [0.3, 0.4) is 0 Å². The smallest absolute Gasteiger partial charge is 0.225 e. The molecule has 0 radical (unpaired) electrons. The van der Waals surface area contributed by atoms with Crippen molar-refractivity contribution in [1.29, 1.82) is 0 Å². The van der Waals surface area contributed by atoms with Crippen molar-refractivity contribution in [1.82, 2.24) is 4.90 Å². The first-order valence-corrected chi connectivity index (χ1v) is 6.26. The Hall–Kier alpha value is -0.830. The Bertz CT molecular complexity index is 240. The molecular weight excluding hydrogens is 200 g/mol. The van der Waals surface area contributed by atoms with Crippen LogP contribution in [0, 0.1) is 11.8 Å². The quantitative estimate of drug-likeness (QED) is 0.552. The van der Waals surface area contributed by atoms with Crippen molar-refractivity contribution in [2.24, 2.45) is 17.6 Å². The minimum Gasteiger partial charge on any atom is -0.346 e. The molecule has 1 fully saturated rings. The van der Waals surface area contributed by atoms with Crippen LogP contribution in [0.25, 0.3) is 0 Å². The summed E-state index contributed by atoms with van der Waals surface area (Å²) in [5.74, 6) is 0.880. The average Bonchev–Trinajstić information content (AvgIpc) is 2.76. The fourth-order valence-corrected chi connectivity index (χ4v) is 2.51. The van der Waals surface area contributed by atoms with Gasteiger partial charge >= 0.3 is 0 Å². The molecule has 0 aromatic carbocycles.